The number of benzene rings is 2. The molecule has 3 aromatic heterocycles. The van der Waals surface area contributed by atoms with Crippen LogP contribution in [0.25, 0.3) is 33.5 Å². The second-order valence-corrected chi connectivity index (χ2v) is 8.38. The summed E-state index contributed by atoms with van der Waals surface area (Å²) in [6, 6.07) is 18.1. The van der Waals surface area contributed by atoms with Gasteiger partial charge in [-0.3, -0.25) is 9.36 Å². The molecule has 0 bridgehead atoms. The number of aromatic nitrogens is 7. The minimum atomic E-state index is -0.0427. The Kier molecular flexibility index (Phi) is 5.95. The number of nitrogens with one attached hydrogen (secondary N) is 1. The largest absolute Gasteiger partial charge is 0.292 e. The number of H-pyrrole nitrogens is 1. The number of fused-ring (bicyclic) bond motifs is 1. The molecule has 3 heterocycles. The third-order valence-corrected chi connectivity index (χ3v) is 5.90. The molecule has 0 fully saturated rings. The molecule has 1 N–H and O–H groups in total. The molecule has 2 aromatic carbocycles. The summed E-state index contributed by atoms with van der Waals surface area (Å²) in [6.45, 7) is 4.53. The van der Waals surface area contributed by atoms with Crippen LogP contribution < -0.4 is 5.56 Å². The number of tetrazole rings is 1. The Morgan fingerprint density at radius 1 is 1.03 bits per heavy atom. The van der Waals surface area contributed by atoms with Crippen LogP contribution in [-0.2, 0) is 13.0 Å². The molecule has 0 unspecified atom stereocenters. The van der Waals surface area contributed by atoms with Crippen molar-refractivity contribution < 1.29 is 0 Å². The molecule has 5 rings (SSSR count). The van der Waals surface area contributed by atoms with Gasteiger partial charge in [0.25, 0.3) is 5.56 Å². The van der Waals surface area contributed by atoms with E-state index in [2.05, 4.69) is 56.8 Å². The summed E-state index contributed by atoms with van der Waals surface area (Å²) in [5.74, 6) is 1.33. The Morgan fingerprint density at radius 2 is 1.82 bits per heavy atom. The van der Waals surface area contributed by atoms with Crippen LogP contribution in [0.5, 0.6) is 0 Å². The predicted octanol–water partition coefficient (Wildman–Crippen LogP) is 4.34. The lowest BCUT2D eigenvalue weighted by Crippen LogP contribution is -2.26. The number of rotatable bonds is 7. The molecule has 0 amide bonds. The lowest BCUT2D eigenvalue weighted by atomic mass is 9.98. The second-order valence-electron chi connectivity index (χ2n) is 8.38. The Hall–Kier alpha value is -4.20. The molecule has 0 atom stereocenters. The van der Waals surface area contributed by atoms with Crippen molar-refractivity contribution >= 4 is 11.0 Å². The molecular weight excluding hydrogens is 426 g/mol. The Balaban J connectivity index is 1.51. The van der Waals surface area contributed by atoms with E-state index >= 15 is 0 Å². The lowest BCUT2D eigenvalue weighted by Gasteiger charge is -2.14. The minimum Gasteiger partial charge on any atom is -0.292 e. The normalized spacial score (nSPS) is 11.2. The molecule has 0 aliphatic carbocycles. The average Bonchev–Trinajstić information content (AvgIpc) is 3.40. The third kappa shape index (κ3) is 4.22. The highest BCUT2D eigenvalue weighted by molar-refractivity contribution is 5.80. The van der Waals surface area contributed by atoms with Gasteiger partial charge in [0.2, 0.25) is 5.82 Å². The number of pyridine rings is 1. The van der Waals surface area contributed by atoms with Crippen LogP contribution in [0, 0.1) is 6.92 Å². The van der Waals surface area contributed by atoms with E-state index in [4.69, 9.17) is 4.98 Å². The van der Waals surface area contributed by atoms with Crippen molar-refractivity contribution in [1.82, 2.24) is 35.2 Å². The summed E-state index contributed by atoms with van der Waals surface area (Å²) in [4.78, 5) is 22.5. The van der Waals surface area contributed by atoms with E-state index in [1.807, 2.05) is 37.3 Å². The van der Waals surface area contributed by atoms with Crippen LogP contribution >= 0.6 is 0 Å². The number of nitrogens with zero attached hydrogens (tertiary/aromatic N) is 6. The quantitative estimate of drug-likeness (QED) is 0.395. The van der Waals surface area contributed by atoms with E-state index in [9.17, 15) is 4.79 Å². The summed E-state index contributed by atoms with van der Waals surface area (Å²) in [6.07, 6.45) is 4.50. The van der Waals surface area contributed by atoms with Crippen LogP contribution in [0.4, 0.5) is 0 Å². The fourth-order valence-electron chi connectivity index (χ4n) is 4.12. The number of aromatic amines is 1. The molecule has 0 spiro atoms. The smallest absolute Gasteiger partial charge is 0.263 e. The molecule has 0 saturated carbocycles. The molecule has 0 aliphatic heterocycles. The summed E-state index contributed by atoms with van der Waals surface area (Å²) >= 11 is 0. The maximum absolute atomic E-state index is 13.4. The first kappa shape index (κ1) is 21.6. The number of hydrogen-bond acceptors (Lipinski definition) is 6. The minimum absolute atomic E-state index is 0.0427. The molecular formula is C26H25N7O. The van der Waals surface area contributed by atoms with Crippen LogP contribution in [-0.4, -0.2) is 35.2 Å². The van der Waals surface area contributed by atoms with Crippen molar-refractivity contribution in [2.45, 2.75) is 39.7 Å². The lowest BCUT2D eigenvalue weighted by molar-refractivity contribution is 0.645. The zero-order valence-corrected chi connectivity index (χ0v) is 19.2. The average molecular weight is 452 g/mol. The van der Waals surface area contributed by atoms with Gasteiger partial charge in [0.05, 0.1) is 11.9 Å². The van der Waals surface area contributed by atoms with Crippen LogP contribution in [0.2, 0.25) is 0 Å². The monoisotopic (exact) mass is 451 g/mol. The summed E-state index contributed by atoms with van der Waals surface area (Å²) < 4.78 is 1.79. The molecule has 8 heteroatoms. The first-order valence-corrected chi connectivity index (χ1v) is 11.4. The Morgan fingerprint density at radius 3 is 2.56 bits per heavy atom. The SMILES string of the molecule is CCCCc1nc2ncc(C)cc2c(=O)n1Cc1ccc(-c2ccccc2-c2nn[nH]n2)cc1. The van der Waals surface area contributed by atoms with Gasteiger partial charge in [0, 0.05) is 18.2 Å². The fourth-order valence-corrected chi connectivity index (χ4v) is 4.12. The molecule has 0 aliphatic rings. The van der Waals surface area contributed by atoms with Crippen LogP contribution in [0.15, 0.2) is 65.6 Å². The standard InChI is InChI=1S/C26H25N7O/c1-3-4-9-23-28-24-22(14-17(2)15-27-24)26(34)33(23)16-18-10-12-19(13-11-18)20-7-5-6-8-21(20)25-29-31-32-30-25/h5-8,10-15H,3-4,9,16H2,1-2H3,(H,29,30,31,32). The molecule has 5 aromatic rings. The summed E-state index contributed by atoms with van der Waals surface area (Å²) in [5.41, 5.74) is 5.42. The topological polar surface area (TPSA) is 102 Å². The van der Waals surface area contributed by atoms with Gasteiger partial charge in [0.1, 0.15) is 5.82 Å². The second kappa shape index (κ2) is 9.35. The molecule has 8 nitrogen and oxygen atoms in total. The van der Waals surface area contributed by atoms with E-state index in [0.717, 1.165) is 52.9 Å². The van der Waals surface area contributed by atoms with Crippen molar-refractivity contribution in [3.63, 3.8) is 0 Å². The highest BCUT2D eigenvalue weighted by Gasteiger charge is 2.14. The maximum Gasteiger partial charge on any atom is 0.263 e. The Labute approximate surface area is 196 Å². The maximum atomic E-state index is 13.4. The van der Waals surface area contributed by atoms with Gasteiger partial charge in [-0.25, -0.2) is 9.97 Å². The van der Waals surface area contributed by atoms with Gasteiger partial charge in [-0.05, 0) is 46.9 Å². The highest BCUT2D eigenvalue weighted by Crippen LogP contribution is 2.29. The zero-order valence-electron chi connectivity index (χ0n) is 19.2. The van der Waals surface area contributed by atoms with E-state index in [0.29, 0.717) is 23.4 Å². The van der Waals surface area contributed by atoms with Gasteiger partial charge >= 0.3 is 0 Å². The first-order chi connectivity index (χ1) is 16.6. The van der Waals surface area contributed by atoms with E-state index < -0.39 is 0 Å². The number of unbranched alkanes of at least 4 members (excludes halogenated alkanes) is 1. The highest BCUT2D eigenvalue weighted by atomic mass is 16.1. The van der Waals surface area contributed by atoms with Crippen LogP contribution in [0.1, 0.15) is 36.7 Å². The van der Waals surface area contributed by atoms with E-state index in [-0.39, 0.29) is 5.56 Å². The molecule has 170 valence electrons. The van der Waals surface area contributed by atoms with Gasteiger partial charge in [-0.1, -0.05) is 61.9 Å². The predicted molar refractivity (Wildman–Crippen MR) is 131 cm³/mol. The first-order valence-electron chi connectivity index (χ1n) is 11.4. The third-order valence-electron chi connectivity index (χ3n) is 5.90. The molecule has 0 saturated heterocycles. The van der Waals surface area contributed by atoms with Crippen molar-refractivity contribution in [2.24, 2.45) is 0 Å². The van der Waals surface area contributed by atoms with Crippen molar-refractivity contribution in [1.29, 1.82) is 0 Å². The van der Waals surface area contributed by atoms with E-state index in [1.54, 1.807) is 10.8 Å². The van der Waals surface area contributed by atoms with Crippen molar-refractivity contribution in [3.05, 3.63) is 88.1 Å². The van der Waals surface area contributed by atoms with Gasteiger partial charge in [0.15, 0.2) is 5.65 Å². The number of aryl methyl sites for hydroxylation is 2. The molecule has 34 heavy (non-hydrogen) atoms. The zero-order chi connectivity index (χ0) is 23.5. The van der Waals surface area contributed by atoms with E-state index in [1.165, 1.54) is 0 Å². The molecule has 0 radical (unpaired) electrons. The van der Waals surface area contributed by atoms with Gasteiger partial charge < -0.3 is 0 Å². The van der Waals surface area contributed by atoms with Crippen molar-refractivity contribution in [3.8, 4) is 22.5 Å². The van der Waals surface area contributed by atoms with Crippen molar-refractivity contribution in [2.75, 3.05) is 0 Å². The summed E-state index contributed by atoms with van der Waals surface area (Å²) in [7, 11) is 0. The summed E-state index contributed by atoms with van der Waals surface area (Å²) in [5, 5.41) is 15.0. The Bertz CT molecular complexity index is 1490. The fraction of sp³-hybridized carbons (Fsp3) is 0.231. The van der Waals surface area contributed by atoms with Gasteiger partial charge in [-0.2, -0.15) is 5.21 Å². The van der Waals surface area contributed by atoms with Gasteiger partial charge in [-0.15, -0.1) is 10.2 Å². The number of hydrogen-bond donors (Lipinski definition) is 1. The van der Waals surface area contributed by atoms with Crippen LogP contribution in [0.3, 0.4) is 0 Å².